The van der Waals surface area contributed by atoms with Gasteiger partial charge in [-0.3, -0.25) is 4.79 Å². The number of carbonyl (C=O) groups excluding carboxylic acids is 1. The van der Waals surface area contributed by atoms with Gasteiger partial charge >= 0.3 is 0 Å². The number of morpholine rings is 1. The minimum atomic E-state index is -0.234. The average Bonchev–Trinajstić information content (AvgIpc) is 2.46. The van der Waals surface area contributed by atoms with Crippen molar-refractivity contribution in [1.29, 1.82) is 0 Å². The van der Waals surface area contributed by atoms with Gasteiger partial charge in [0.05, 0.1) is 25.9 Å². The molecule has 1 aromatic carbocycles. The van der Waals surface area contributed by atoms with Crippen molar-refractivity contribution in [2.75, 3.05) is 26.4 Å². The zero-order valence-corrected chi connectivity index (χ0v) is 11.6. The van der Waals surface area contributed by atoms with Gasteiger partial charge in [0, 0.05) is 17.4 Å². The maximum absolute atomic E-state index is 12.3. The lowest BCUT2D eigenvalue weighted by Crippen LogP contribution is -2.50. The second kappa shape index (κ2) is 6.31. The first-order chi connectivity index (χ1) is 8.76. The van der Waals surface area contributed by atoms with Crippen molar-refractivity contribution >= 4 is 21.8 Å². The fraction of sp³-hybridized carbons (Fsp3) is 0.462. The normalized spacial score (nSPS) is 19.9. The number of hydrogen-bond donors (Lipinski definition) is 1. The standard InChI is InChI=1S/C13H16BrNO3/c14-7-10-1-3-11(4-2-10)13(17)15-5-6-18-9-12(15)8-16/h1-4,12,16H,5-9H2. The van der Waals surface area contributed by atoms with E-state index in [2.05, 4.69) is 15.9 Å². The molecular weight excluding hydrogens is 298 g/mol. The average molecular weight is 314 g/mol. The molecule has 98 valence electrons. The molecule has 1 aliphatic rings. The molecule has 0 aromatic heterocycles. The molecule has 1 aliphatic heterocycles. The van der Waals surface area contributed by atoms with E-state index < -0.39 is 0 Å². The van der Waals surface area contributed by atoms with Gasteiger partial charge in [-0.25, -0.2) is 0 Å². The highest BCUT2D eigenvalue weighted by molar-refractivity contribution is 9.08. The first-order valence-electron chi connectivity index (χ1n) is 5.90. The monoisotopic (exact) mass is 313 g/mol. The van der Waals surface area contributed by atoms with Crippen LogP contribution in [0.25, 0.3) is 0 Å². The lowest BCUT2D eigenvalue weighted by atomic mass is 10.1. The molecule has 0 aliphatic carbocycles. The van der Waals surface area contributed by atoms with Gasteiger partial charge < -0.3 is 14.7 Å². The van der Waals surface area contributed by atoms with Crippen molar-refractivity contribution in [3.8, 4) is 0 Å². The molecule has 1 saturated heterocycles. The van der Waals surface area contributed by atoms with E-state index in [1.54, 1.807) is 4.90 Å². The lowest BCUT2D eigenvalue weighted by Gasteiger charge is -2.34. The van der Waals surface area contributed by atoms with Crippen LogP contribution in [0.15, 0.2) is 24.3 Å². The van der Waals surface area contributed by atoms with Crippen LogP contribution < -0.4 is 0 Å². The van der Waals surface area contributed by atoms with Crippen LogP contribution >= 0.6 is 15.9 Å². The third-order valence-electron chi connectivity index (χ3n) is 3.05. The first-order valence-corrected chi connectivity index (χ1v) is 7.03. The summed E-state index contributed by atoms with van der Waals surface area (Å²) in [5.74, 6) is -0.0431. The quantitative estimate of drug-likeness (QED) is 0.859. The van der Waals surface area contributed by atoms with E-state index in [4.69, 9.17) is 4.74 Å². The van der Waals surface area contributed by atoms with Crippen molar-refractivity contribution in [3.63, 3.8) is 0 Å². The number of benzene rings is 1. The zero-order valence-electron chi connectivity index (χ0n) is 10.0. The number of rotatable bonds is 3. The minimum Gasteiger partial charge on any atom is -0.394 e. The van der Waals surface area contributed by atoms with Crippen LogP contribution in [0.2, 0.25) is 0 Å². The summed E-state index contributed by atoms with van der Waals surface area (Å²) < 4.78 is 5.27. The molecule has 2 rings (SSSR count). The third kappa shape index (κ3) is 2.91. The van der Waals surface area contributed by atoms with E-state index in [-0.39, 0.29) is 18.6 Å². The predicted molar refractivity (Wildman–Crippen MR) is 71.8 cm³/mol. The van der Waals surface area contributed by atoms with E-state index >= 15 is 0 Å². The molecule has 1 atom stereocenters. The van der Waals surface area contributed by atoms with Crippen molar-refractivity contribution < 1.29 is 14.6 Å². The van der Waals surface area contributed by atoms with Crippen molar-refractivity contribution in [2.24, 2.45) is 0 Å². The second-order valence-electron chi connectivity index (χ2n) is 4.24. The molecule has 1 aromatic rings. The molecule has 1 unspecified atom stereocenters. The molecule has 18 heavy (non-hydrogen) atoms. The van der Waals surface area contributed by atoms with Crippen LogP contribution in [0, 0.1) is 0 Å². The van der Waals surface area contributed by atoms with Crippen molar-refractivity contribution in [2.45, 2.75) is 11.4 Å². The summed E-state index contributed by atoms with van der Waals surface area (Å²) in [4.78, 5) is 14.0. The fourth-order valence-corrected chi connectivity index (χ4v) is 2.35. The Balaban J connectivity index is 2.13. The molecule has 0 spiro atoms. The molecular formula is C13H16BrNO3. The highest BCUT2D eigenvalue weighted by Crippen LogP contribution is 2.14. The Morgan fingerprint density at radius 1 is 1.44 bits per heavy atom. The van der Waals surface area contributed by atoms with E-state index in [9.17, 15) is 9.90 Å². The van der Waals surface area contributed by atoms with E-state index in [0.717, 1.165) is 10.9 Å². The first kappa shape index (κ1) is 13.5. The highest BCUT2D eigenvalue weighted by Gasteiger charge is 2.27. The number of carbonyl (C=O) groups is 1. The molecule has 4 nitrogen and oxygen atoms in total. The molecule has 0 saturated carbocycles. The highest BCUT2D eigenvalue weighted by atomic mass is 79.9. The molecule has 0 radical (unpaired) electrons. The number of amides is 1. The van der Waals surface area contributed by atoms with Gasteiger partial charge in [0.25, 0.3) is 5.91 Å². The van der Waals surface area contributed by atoms with Crippen molar-refractivity contribution in [1.82, 2.24) is 4.90 Å². The fourth-order valence-electron chi connectivity index (χ4n) is 1.98. The van der Waals surface area contributed by atoms with Crippen LogP contribution in [-0.4, -0.2) is 48.3 Å². The molecule has 0 bridgehead atoms. The number of aliphatic hydroxyl groups excluding tert-OH is 1. The Hall–Kier alpha value is -0.910. The zero-order chi connectivity index (χ0) is 13.0. The van der Waals surface area contributed by atoms with E-state index in [0.29, 0.717) is 25.3 Å². The van der Waals surface area contributed by atoms with Gasteiger partial charge in [0.2, 0.25) is 0 Å². The van der Waals surface area contributed by atoms with Gasteiger partial charge in [0.1, 0.15) is 0 Å². The van der Waals surface area contributed by atoms with Gasteiger partial charge in [-0.15, -0.1) is 0 Å². The minimum absolute atomic E-state index is 0.0431. The van der Waals surface area contributed by atoms with Gasteiger partial charge in [-0.1, -0.05) is 28.1 Å². The van der Waals surface area contributed by atoms with Crippen LogP contribution in [-0.2, 0) is 10.1 Å². The Kier molecular flexibility index (Phi) is 4.74. The number of hydrogen-bond acceptors (Lipinski definition) is 3. The summed E-state index contributed by atoms with van der Waals surface area (Å²) >= 11 is 3.37. The number of alkyl halides is 1. The van der Waals surface area contributed by atoms with Crippen LogP contribution in [0.3, 0.4) is 0 Å². The largest absolute Gasteiger partial charge is 0.394 e. The number of halogens is 1. The lowest BCUT2D eigenvalue weighted by molar-refractivity contribution is -0.0183. The maximum Gasteiger partial charge on any atom is 0.254 e. The smallest absolute Gasteiger partial charge is 0.254 e. The van der Waals surface area contributed by atoms with Gasteiger partial charge in [0.15, 0.2) is 0 Å². The van der Waals surface area contributed by atoms with E-state index in [1.165, 1.54) is 0 Å². The molecule has 5 heteroatoms. The summed E-state index contributed by atoms with van der Waals surface area (Å²) in [6.45, 7) is 1.40. The Bertz CT molecular complexity index is 407. The number of ether oxygens (including phenoxy) is 1. The molecule has 1 heterocycles. The summed E-state index contributed by atoms with van der Waals surface area (Å²) in [7, 11) is 0. The van der Waals surface area contributed by atoms with Gasteiger partial charge in [-0.05, 0) is 17.7 Å². The Labute approximate surface area is 115 Å². The topological polar surface area (TPSA) is 49.8 Å². The second-order valence-corrected chi connectivity index (χ2v) is 4.80. The summed E-state index contributed by atoms with van der Waals surface area (Å²) in [5.41, 5.74) is 1.78. The third-order valence-corrected chi connectivity index (χ3v) is 3.70. The molecule has 1 fully saturated rings. The Morgan fingerprint density at radius 3 is 2.78 bits per heavy atom. The SMILES string of the molecule is O=C(c1ccc(CBr)cc1)N1CCOCC1CO. The van der Waals surface area contributed by atoms with Crippen LogP contribution in [0.1, 0.15) is 15.9 Å². The summed E-state index contributed by atoms with van der Waals surface area (Å²) in [5, 5.41) is 10.0. The number of aliphatic hydroxyl groups is 1. The summed E-state index contributed by atoms with van der Waals surface area (Å²) in [6.07, 6.45) is 0. The maximum atomic E-state index is 12.3. The summed E-state index contributed by atoms with van der Waals surface area (Å²) in [6, 6.07) is 7.26. The van der Waals surface area contributed by atoms with Gasteiger partial charge in [-0.2, -0.15) is 0 Å². The Morgan fingerprint density at radius 2 is 2.17 bits per heavy atom. The predicted octanol–water partition coefficient (Wildman–Crippen LogP) is 1.41. The van der Waals surface area contributed by atoms with Crippen molar-refractivity contribution in [3.05, 3.63) is 35.4 Å². The molecule has 1 amide bonds. The van der Waals surface area contributed by atoms with E-state index in [1.807, 2.05) is 24.3 Å². The number of nitrogens with zero attached hydrogens (tertiary/aromatic N) is 1. The van der Waals surface area contributed by atoms with Crippen LogP contribution in [0.5, 0.6) is 0 Å². The van der Waals surface area contributed by atoms with Crippen LogP contribution in [0.4, 0.5) is 0 Å². The molecule has 1 N–H and O–H groups in total.